The Labute approximate surface area is 171 Å². The van der Waals surface area contributed by atoms with E-state index < -0.39 is 0 Å². The van der Waals surface area contributed by atoms with Crippen LogP contribution in [0.1, 0.15) is 149 Å². The zero-order chi connectivity index (χ0) is 19.8. The highest BCUT2D eigenvalue weighted by Crippen LogP contribution is 2.15. The minimum Gasteiger partial charge on any atom is -0.466 e. The highest BCUT2D eigenvalue weighted by molar-refractivity contribution is 5.65. The fourth-order valence-corrected chi connectivity index (χ4v) is 3.75. The molecule has 27 heavy (non-hydrogen) atoms. The van der Waals surface area contributed by atoms with Crippen LogP contribution in [0.3, 0.4) is 0 Å². The lowest BCUT2D eigenvalue weighted by Crippen LogP contribution is -2.00. The van der Waals surface area contributed by atoms with Gasteiger partial charge >= 0.3 is 5.97 Å². The normalized spacial score (nSPS) is 11.0. The van der Waals surface area contributed by atoms with E-state index in [4.69, 9.17) is 4.74 Å². The van der Waals surface area contributed by atoms with E-state index in [2.05, 4.69) is 6.92 Å². The highest BCUT2D eigenvalue weighted by Gasteiger charge is 1.96. The van der Waals surface area contributed by atoms with Crippen molar-refractivity contribution >= 4 is 5.97 Å². The fraction of sp³-hybridized carbons (Fsp3) is 0.960. The molecule has 0 bridgehead atoms. The number of carbonyl (C=O) groups is 1. The van der Waals surface area contributed by atoms with Gasteiger partial charge in [0.1, 0.15) is 0 Å². The second-order valence-electron chi connectivity index (χ2n) is 8.41. The molecule has 0 atom stereocenters. The van der Waals surface area contributed by atoms with Crippen molar-refractivity contribution in [3.05, 3.63) is 0 Å². The summed E-state index contributed by atoms with van der Waals surface area (Å²) >= 11 is 0. The van der Waals surface area contributed by atoms with Gasteiger partial charge in [-0.3, -0.25) is 4.79 Å². The molecule has 0 aromatic carbocycles. The van der Waals surface area contributed by atoms with Crippen LogP contribution >= 0.6 is 0 Å². The molecule has 0 saturated heterocycles. The Hall–Kier alpha value is -0.530. The minimum atomic E-state index is -0.150. The maximum Gasteiger partial charge on any atom is 0.302 e. The van der Waals surface area contributed by atoms with Crippen molar-refractivity contribution < 1.29 is 9.53 Å². The smallest absolute Gasteiger partial charge is 0.302 e. The largest absolute Gasteiger partial charge is 0.466 e. The molecule has 2 heteroatoms. The Balaban J connectivity index is 2.98. The van der Waals surface area contributed by atoms with E-state index in [9.17, 15) is 4.79 Å². The van der Waals surface area contributed by atoms with Gasteiger partial charge in [-0.2, -0.15) is 0 Å². The number of hydrogen-bond acceptors (Lipinski definition) is 2. The van der Waals surface area contributed by atoms with Gasteiger partial charge < -0.3 is 4.74 Å². The second kappa shape index (κ2) is 23.5. The van der Waals surface area contributed by atoms with Gasteiger partial charge in [-0.15, -0.1) is 0 Å². The fourth-order valence-electron chi connectivity index (χ4n) is 3.75. The second-order valence-corrected chi connectivity index (χ2v) is 8.41. The van der Waals surface area contributed by atoms with E-state index in [0.717, 1.165) is 6.42 Å². The quantitative estimate of drug-likeness (QED) is 0.138. The van der Waals surface area contributed by atoms with Crippen LogP contribution in [0.15, 0.2) is 0 Å². The Morgan fingerprint density at radius 3 is 1.00 bits per heavy atom. The van der Waals surface area contributed by atoms with E-state index in [1.807, 2.05) is 0 Å². The molecule has 0 aromatic heterocycles. The van der Waals surface area contributed by atoms with Crippen molar-refractivity contribution in [2.45, 2.75) is 149 Å². The predicted octanol–water partition coefficient (Wildman–Crippen LogP) is 8.76. The summed E-state index contributed by atoms with van der Waals surface area (Å²) < 4.78 is 4.94. The van der Waals surface area contributed by atoms with Crippen LogP contribution in [0.2, 0.25) is 0 Å². The van der Waals surface area contributed by atoms with E-state index in [1.165, 1.54) is 135 Å². The standard InChI is InChI=1S/C25H50O2/c1-3-4-5-6-7-8-9-10-11-12-13-14-15-16-17-18-19-20-21-22-23-24-27-25(2)26/h3-24H2,1-2H3. The molecule has 0 heterocycles. The SMILES string of the molecule is CCCCCCCCCCCCCCCCCCCCCCCOC(C)=O. The highest BCUT2D eigenvalue weighted by atomic mass is 16.5. The van der Waals surface area contributed by atoms with Gasteiger partial charge in [0.15, 0.2) is 0 Å². The van der Waals surface area contributed by atoms with Crippen molar-refractivity contribution in [2.75, 3.05) is 6.61 Å². The maximum atomic E-state index is 10.6. The number of rotatable bonds is 22. The first kappa shape index (κ1) is 26.5. The molecule has 0 fully saturated rings. The summed E-state index contributed by atoms with van der Waals surface area (Å²) in [5.74, 6) is -0.150. The van der Waals surface area contributed by atoms with Gasteiger partial charge in [0.2, 0.25) is 0 Å². The van der Waals surface area contributed by atoms with Crippen molar-refractivity contribution in [3.8, 4) is 0 Å². The van der Waals surface area contributed by atoms with Gasteiger partial charge in [-0.1, -0.05) is 135 Å². The third-order valence-electron chi connectivity index (χ3n) is 5.55. The third kappa shape index (κ3) is 25.5. The lowest BCUT2D eigenvalue weighted by Gasteiger charge is -2.04. The average molecular weight is 383 g/mol. The average Bonchev–Trinajstić information content (AvgIpc) is 2.65. The first-order valence-corrected chi connectivity index (χ1v) is 12.4. The molecule has 0 spiro atoms. The molecule has 0 rings (SSSR count). The summed E-state index contributed by atoms with van der Waals surface area (Å²) in [6, 6.07) is 0. The summed E-state index contributed by atoms with van der Waals surface area (Å²) in [7, 11) is 0. The van der Waals surface area contributed by atoms with Crippen molar-refractivity contribution in [3.63, 3.8) is 0 Å². The van der Waals surface area contributed by atoms with Crippen LogP contribution in [0.5, 0.6) is 0 Å². The molecule has 0 saturated carbocycles. The number of hydrogen-bond donors (Lipinski definition) is 0. The van der Waals surface area contributed by atoms with Crippen LogP contribution in [-0.2, 0) is 9.53 Å². The number of carbonyl (C=O) groups excluding carboxylic acids is 1. The molecule has 0 aromatic rings. The van der Waals surface area contributed by atoms with Gasteiger partial charge in [-0.25, -0.2) is 0 Å². The zero-order valence-electron chi connectivity index (χ0n) is 18.9. The Kier molecular flexibility index (Phi) is 23.0. The van der Waals surface area contributed by atoms with E-state index in [1.54, 1.807) is 0 Å². The Morgan fingerprint density at radius 1 is 0.481 bits per heavy atom. The molecular weight excluding hydrogens is 332 g/mol. The molecule has 2 nitrogen and oxygen atoms in total. The molecule has 0 aliphatic carbocycles. The molecule has 0 radical (unpaired) electrons. The number of unbranched alkanes of at least 4 members (excludes halogenated alkanes) is 20. The minimum absolute atomic E-state index is 0.150. The molecular formula is C25H50O2. The molecule has 0 amide bonds. The van der Waals surface area contributed by atoms with Crippen molar-refractivity contribution in [2.24, 2.45) is 0 Å². The lowest BCUT2D eigenvalue weighted by atomic mass is 10.0. The summed E-state index contributed by atoms with van der Waals surface area (Å²) in [5, 5.41) is 0. The monoisotopic (exact) mass is 382 g/mol. The zero-order valence-corrected chi connectivity index (χ0v) is 18.9. The maximum absolute atomic E-state index is 10.6. The van der Waals surface area contributed by atoms with Gasteiger partial charge in [0.05, 0.1) is 6.61 Å². The van der Waals surface area contributed by atoms with Crippen LogP contribution in [0, 0.1) is 0 Å². The number of esters is 1. The topological polar surface area (TPSA) is 26.3 Å². The molecule has 0 aliphatic heterocycles. The van der Waals surface area contributed by atoms with E-state index >= 15 is 0 Å². The van der Waals surface area contributed by atoms with Crippen molar-refractivity contribution in [1.82, 2.24) is 0 Å². The lowest BCUT2D eigenvalue weighted by molar-refractivity contribution is -0.141. The van der Waals surface area contributed by atoms with Crippen LogP contribution in [0.25, 0.3) is 0 Å². The van der Waals surface area contributed by atoms with Gasteiger partial charge in [-0.05, 0) is 6.42 Å². The third-order valence-corrected chi connectivity index (χ3v) is 5.55. The molecule has 0 N–H and O–H groups in total. The van der Waals surface area contributed by atoms with E-state index in [-0.39, 0.29) is 5.97 Å². The Bertz CT molecular complexity index is 288. The van der Waals surface area contributed by atoms with E-state index in [0.29, 0.717) is 6.61 Å². The summed E-state index contributed by atoms with van der Waals surface area (Å²) in [4.78, 5) is 10.6. The predicted molar refractivity (Wildman–Crippen MR) is 119 cm³/mol. The molecule has 162 valence electrons. The molecule has 0 unspecified atom stereocenters. The summed E-state index contributed by atoms with van der Waals surface area (Å²) in [6.45, 7) is 4.38. The van der Waals surface area contributed by atoms with Gasteiger partial charge in [0, 0.05) is 6.92 Å². The molecule has 0 aliphatic rings. The van der Waals surface area contributed by atoms with Crippen molar-refractivity contribution in [1.29, 1.82) is 0 Å². The first-order chi connectivity index (χ1) is 13.3. The summed E-state index contributed by atoms with van der Waals surface area (Å²) in [6.07, 6.45) is 29.4. The first-order valence-electron chi connectivity index (χ1n) is 12.4. The summed E-state index contributed by atoms with van der Waals surface area (Å²) in [5.41, 5.74) is 0. The Morgan fingerprint density at radius 2 is 0.741 bits per heavy atom. The van der Waals surface area contributed by atoms with Crippen LogP contribution < -0.4 is 0 Å². The van der Waals surface area contributed by atoms with Gasteiger partial charge in [0.25, 0.3) is 0 Å². The van der Waals surface area contributed by atoms with Crippen LogP contribution in [-0.4, -0.2) is 12.6 Å². The number of ether oxygens (including phenoxy) is 1. The van der Waals surface area contributed by atoms with Crippen LogP contribution in [0.4, 0.5) is 0 Å².